The van der Waals surface area contributed by atoms with E-state index < -0.39 is 0 Å². The molecule has 0 spiro atoms. The maximum atomic E-state index is 2.65. The number of nitrogens with zero attached hydrogens (tertiary/aromatic N) is 2. The van der Waals surface area contributed by atoms with Crippen LogP contribution in [0.1, 0.15) is 33.1 Å². The fourth-order valence-electron chi connectivity index (χ4n) is 3.79. The third-order valence-corrected chi connectivity index (χ3v) is 4.59. The molecule has 1 aliphatic heterocycles. The summed E-state index contributed by atoms with van der Waals surface area (Å²) in [7, 11) is 2.15. The van der Waals surface area contributed by atoms with Crippen molar-refractivity contribution in [2.24, 2.45) is 13.0 Å². The highest BCUT2D eigenvalue weighted by molar-refractivity contribution is 5.48. The number of hydrogen-bond donors (Lipinski definition) is 0. The Labute approximate surface area is 91.9 Å². The third-order valence-electron chi connectivity index (χ3n) is 4.59. The summed E-state index contributed by atoms with van der Waals surface area (Å²) in [6.45, 7) is 4.82. The van der Waals surface area contributed by atoms with Gasteiger partial charge < -0.3 is 9.47 Å². The Bertz CT molecular complexity index is 382. The van der Waals surface area contributed by atoms with E-state index in [1.165, 1.54) is 25.1 Å². The Balaban J connectivity index is 2.03. The molecule has 3 rings (SSSR count). The number of aromatic nitrogens is 1. The summed E-state index contributed by atoms with van der Waals surface area (Å²) in [5.41, 5.74) is 0.427. The van der Waals surface area contributed by atoms with Gasteiger partial charge in [-0.1, -0.05) is 0 Å². The van der Waals surface area contributed by atoms with E-state index in [0.29, 0.717) is 5.54 Å². The molecule has 1 aromatic heterocycles. The van der Waals surface area contributed by atoms with Crippen molar-refractivity contribution in [3.63, 3.8) is 0 Å². The van der Waals surface area contributed by atoms with Crippen LogP contribution in [0.15, 0.2) is 18.3 Å². The van der Waals surface area contributed by atoms with Crippen LogP contribution in [-0.4, -0.2) is 16.1 Å². The lowest BCUT2D eigenvalue weighted by Crippen LogP contribution is -2.47. The monoisotopic (exact) mass is 204 g/mol. The summed E-state index contributed by atoms with van der Waals surface area (Å²) in [5, 5.41) is 0. The van der Waals surface area contributed by atoms with Crippen molar-refractivity contribution in [3.8, 4) is 0 Å². The highest BCUT2D eigenvalue weighted by Crippen LogP contribution is 2.51. The first-order valence-corrected chi connectivity index (χ1v) is 6.02. The van der Waals surface area contributed by atoms with Crippen LogP contribution in [0.2, 0.25) is 0 Å². The molecule has 3 atom stereocenters. The van der Waals surface area contributed by atoms with Crippen molar-refractivity contribution in [1.82, 2.24) is 4.57 Å². The molecule has 1 saturated carbocycles. The minimum Gasteiger partial charge on any atom is -0.350 e. The average molecular weight is 204 g/mol. The predicted octanol–water partition coefficient (Wildman–Crippen LogP) is 2.79. The number of rotatable bonds is 1. The topological polar surface area (TPSA) is 8.17 Å². The summed E-state index contributed by atoms with van der Waals surface area (Å²) in [6.07, 6.45) is 6.34. The van der Waals surface area contributed by atoms with E-state index in [1.807, 2.05) is 0 Å². The lowest BCUT2D eigenvalue weighted by atomic mass is 9.97. The van der Waals surface area contributed by atoms with Gasteiger partial charge in [-0.3, -0.25) is 0 Å². The highest BCUT2D eigenvalue weighted by atomic mass is 15.3. The Kier molecular flexibility index (Phi) is 1.74. The summed E-state index contributed by atoms with van der Waals surface area (Å²) in [6, 6.07) is 5.12. The van der Waals surface area contributed by atoms with Gasteiger partial charge in [0.25, 0.3) is 0 Å². The maximum absolute atomic E-state index is 2.65. The SMILES string of the molecule is C[C@H]1C2CCC(C)(C2)N1c1cccn1C. The number of anilines is 1. The Morgan fingerprint density at radius 1 is 1.47 bits per heavy atom. The van der Waals surface area contributed by atoms with E-state index in [-0.39, 0.29) is 0 Å². The summed E-state index contributed by atoms with van der Waals surface area (Å²) < 4.78 is 2.25. The van der Waals surface area contributed by atoms with E-state index in [1.54, 1.807) is 0 Å². The van der Waals surface area contributed by atoms with Gasteiger partial charge >= 0.3 is 0 Å². The highest BCUT2D eigenvalue weighted by Gasteiger charge is 2.52. The van der Waals surface area contributed by atoms with Gasteiger partial charge in [0.2, 0.25) is 0 Å². The van der Waals surface area contributed by atoms with Crippen molar-refractivity contribution in [2.45, 2.75) is 44.7 Å². The van der Waals surface area contributed by atoms with Crippen LogP contribution in [0.5, 0.6) is 0 Å². The number of fused-ring (bicyclic) bond motifs is 2. The fraction of sp³-hybridized carbons (Fsp3) is 0.692. The van der Waals surface area contributed by atoms with Crippen molar-refractivity contribution < 1.29 is 0 Å². The minimum absolute atomic E-state index is 0.427. The first kappa shape index (κ1) is 9.32. The van der Waals surface area contributed by atoms with E-state index >= 15 is 0 Å². The first-order valence-electron chi connectivity index (χ1n) is 6.02. The van der Waals surface area contributed by atoms with Gasteiger partial charge in [-0.15, -0.1) is 0 Å². The summed E-state index contributed by atoms with van der Waals surface area (Å²) in [4.78, 5) is 2.65. The zero-order chi connectivity index (χ0) is 10.6. The van der Waals surface area contributed by atoms with Crippen LogP contribution < -0.4 is 4.90 Å². The van der Waals surface area contributed by atoms with Crippen LogP contribution in [0.25, 0.3) is 0 Å². The minimum atomic E-state index is 0.427. The van der Waals surface area contributed by atoms with Crippen LogP contribution in [0.4, 0.5) is 5.82 Å². The van der Waals surface area contributed by atoms with Crippen LogP contribution >= 0.6 is 0 Å². The second-order valence-corrected chi connectivity index (χ2v) is 5.59. The Morgan fingerprint density at radius 3 is 2.80 bits per heavy atom. The molecule has 0 amide bonds. The molecule has 15 heavy (non-hydrogen) atoms. The third kappa shape index (κ3) is 1.11. The molecule has 2 fully saturated rings. The molecule has 2 aliphatic rings. The van der Waals surface area contributed by atoms with Gasteiger partial charge in [0.05, 0.1) is 0 Å². The van der Waals surface area contributed by atoms with Crippen molar-refractivity contribution >= 4 is 5.82 Å². The smallest absolute Gasteiger partial charge is 0.108 e. The Hall–Kier alpha value is -0.920. The summed E-state index contributed by atoms with van der Waals surface area (Å²) >= 11 is 0. The van der Waals surface area contributed by atoms with Crippen molar-refractivity contribution in [3.05, 3.63) is 18.3 Å². The second-order valence-electron chi connectivity index (χ2n) is 5.59. The van der Waals surface area contributed by atoms with Crippen LogP contribution in [0, 0.1) is 5.92 Å². The van der Waals surface area contributed by atoms with E-state index in [0.717, 1.165) is 12.0 Å². The fourth-order valence-corrected chi connectivity index (χ4v) is 3.79. The quantitative estimate of drug-likeness (QED) is 0.683. The normalized spacial score (nSPS) is 39.0. The number of aryl methyl sites for hydroxylation is 1. The van der Waals surface area contributed by atoms with E-state index in [4.69, 9.17) is 0 Å². The van der Waals surface area contributed by atoms with Gasteiger partial charge in [0, 0.05) is 24.8 Å². The largest absolute Gasteiger partial charge is 0.350 e. The average Bonchev–Trinajstić information content (AvgIpc) is 2.79. The lowest BCUT2D eigenvalue weighted by molar-refractivity contribution is 0.397. The summed E-state index contributed by atoms with van der Waals surface area (Å²) in [5.74, 6) is 2.32. The molecule has 82 valence electrons. The molecule has 2 heteroatoms. The standard InChI is InChI=1S/C13H20N2/c1-10-11-6-7-13(2,9-11)15(10)12-5-4-8-14(12)3/h4-5,8,10-11H,6-7,9H2,1-3H3/t10-,11?,13?/m0/s1. The molecule has 0 N–H and O–H groups in total. The molecule has 1 saturated heterocycles. The predicted molar refractivity (Wildman–Crippen MR) is 63.1 cm³/mol. The molecule has 0 radical (unpaired) electrons. The number of hydrogen-bond acceptors (Lipinski definition) is 1. The molecule has 0 aromatic carbocycles. The zero-order valence-electron chi connectivity index (χ0n) is 9.90. The van der Waals surface area contributed by atoms with Gasteiger partial charge in [0.1, 0.15) is 5.82 Å². The molecule has 2 nitrogen and oxygen atoms in total. The van der Waals surface area contributed by atoms with E-state index in [9.17, 15) is 0 Å². The van der Waals surface area contributed by atoms with Crippen molar-refractivity contribution in [2.75, 3.05) is 4.90 Å². The van der Waals surface area contributed by atoms with Crippen LogP contribution in [-0.2, 0) is 7.05 Å². The molecular weight excluding hydrogens is 184 g/mol. The maximum Gasteiger partial charge on any atom is 0.108 e. The molecule has 2 bridgehead atoms. The van der Waals surface area contributed by atoms with E-state index in [2.05, 4.69) is 48.7 Å². The number of piperidine rings is 1. The van der Waals surface area contributed by atoms with Crippen molar-refractivity contribution in [1.29, 1.82) is 0 Å². The van der Waals surface area contributed by atoms with Gasteiger partial charge in [-0.05, 0) is 51.2 Å². The molecule has 2 heterocycles. The molecule has 2 unspecified atom stereocenters. The lowest BCUT2D eigenvalue weighted by Gasteiger charge is -2.42. The van der Waals surface area contributed by atoms with Gasteiger partial charge in [-0.25, -0.2) is 0 Å². The van der Waals surface area contributed by atoms with Gasteiger partial charge in [-0.2, -0.15) is 0 Å². The zero-order valence-corrected chi connectivity index (χ0v) is 9.90. The van der Waals surface area contributed by atoms with Crippen LogP contribution in [0.3, 0.4) is 0 Å². The molecule has 1 aromatic rings. The van der Waals surface area contributed by atoms with Gasteiger partial charge in [0.15, 0.2) is 0 Å². The molecule has 1 aliphatic carbocycles. The Morgan fingerprint density at radius 2 is 2.27 bits per heavy atom. The molecular formula is C13H20N2. The second kappa shape index (κ2) is 2.81. The first-order chi connectivity index (χ1) is 7.12.